The highest BCUT2D eigenvalue weighted by Gasteiger charge is 1.93. The predicted molar refractivity (Wildman–Crippen MR) is 78.7 cm³/mol. The third kappa shape index (κ3) is 16.3. The summed E-state index contributed by atoms with van der Waals surface area (Å²) in [6, 6.07) is 0. The topological polar surface area (TPSA) is 32.3 Å². The van der Waals surface area contributed by atoms with E-state index in [1.807, 2.05) is 0 Å². The number of thioether (sulfide) groups is 1. The van der Waals surface area contributed by atoms with E-state index in [0.29, 0.717) is 5.88 Å². The molecule has 2 N–H and O–H groups in total. The molecular weight excluding hydrogens is 230 g/mol. The SMILES string of the molecule is CCCCCCCCCCCCCSCNO. The fourth-order valence-electron chi connectivity index (χ4n) is 1.99. The van der Waals surface area contributed by atoms with Gasteiger partial charge in [-0.1, -0.05) is 71.1 Å². The van der Waals surface area contributed by atoms with Gasteiger partial charge < -0.3 is 5.21 Å². The molecule has 0 rings (SSSR count). The lowest BCUT2D eigenvalue weighted by Gasteiger charge is -2.02. The van der Waals surface area contributed by atoms with E-state index in [1.54, 1.807) is 11.8 Å². The molecule has 0 aromatic heterocycles. The van der Waals surface area contributed by atoms with E-state index in [1.165, 1.54) is 76.4 Å². The third-order valence-electron chi connectivity index (χ3n) is 3.06. The van der Waals surface area contributed by atoms with Gasteiger partial charge in [0.2, 0.25) is 0 Å². The predicted octanol–water partition coefficient (Wildman–Crippen LogP) is 4.97. The van der Waals surface area contributed by atoms with Crippen molar-refractivity contribution in [2.24, 2.45) is 0 Å². The quantitative estimate of drug-likeness (QED) is 0.263. The Balaban J connectivity index is 2.85. The summed E-state index contributed by atoms with van der Waals surface area (Å²) in [5.41, 5.74) is 2.17. The van der Waals surface area contributed by atoms with Crippen LogP contribution in [0.2, 0.25) is 0 Å². The summed E-state index contributed by atoms with van der Waals surface area (Å²) in [5, 5.41) is 8.37. The number of nitrogens with one attached hydrogen (secondary N) is 1. The Hall–Kier alpha value is 0.270. The van der Waals surface area contributed by atoms with Crippen molar-refractivity contribution in [2.75, 3.05) is 11.6 Å². The molecule has 0 heterocycles. The number of unbranched alkanes of at least 4 members (excludes halogenated alkanes) is 10. The Kier molecular flexibility index (Phi) is 16.5. The summed E-state index contributed by atoms with van der Waals surface area (Å²) >= 11 is 1.77. The van der Waals surface area contributed by atoms with Crippen molar-refractivity contribution in [3.8, 4) is 0 Å². The van der Waals surface area contributed by atoms with Crippen molar-refractivity contribution in [1.29, 1.82) is 0 Å². The van der Waals surface area contributed by atoms with Gasteiger partial charge in [0.05, 0.1) is 5.88 Å². The van der Waals surface area contributed by atoms with E-state index in [2.05, 4.69) is 12.4 Å². The highest BCUT2D eigenvalue weighted by Crippen LogP contribution is 2.12. The fraction of sp³-hybridized carbons (Fsp3) is 1.00. The third-order valence-corrected chi connectivity index (χ3v) is 3.97. The van der Waals surface area contributed by atoms with Crippen molar-refractivity contribution in [1.82, 2.24) is 5.48 Å². The van der Waals surface area contributed by atoms with Crippen molar-refractivity contribution >= 4 is 11.8 Å². The Bertz CT molecular complexity index is 119. The second kappa shape index (κ2) is 16.3. The van der Waals surface area contributed by atoms with Gasteiger partial charge in [0.25, 0.3) is 0 Å². The van der Waals surface area contributed by atoms with Crippen LogP contribution in [0.5, 0.6) is 0 Å². The van der Waals surface area contributed by atoms with Gasteiger partial charge in [-0.3, -0.25) is 0 Å². The smallest absolute Gasteiger partial charge is 0.0663 e. The molecule has 0 fully saturated rings. The lowest BCUT2D eigenvalue weighted by atomic mass is 10.1. The molecule has 0 aliphatic rings. The summed E-state index contributed by atoms with van der Waals surface area (Å²) in [6.45, 7) is 2.27. The van der Waals surface area contributed by atoms with Gasteiger partial charge in [0.15, 0.2) is 0 Å². The molecule has 0 bridgehead atoms. The van der Waals surface area contributed by atoms with Gasteiger partial charge in [-0.05, 0) is 12.2 Å². The van der Waals surface area contributed by atoms with Crippen LogP contribution in [0.1, 0.15) is 77.6 Å². The van der Waals surface area contributed by atoms with Crippen molar-refractivity contribution in [2.45, 2.75) is 77.6 Å². The fourth-order valence-corrected chi connectivity index (χ4v) is 2.63. The van der Waals surface area contributed by atoms with Crippen LogP contribution < -0.4 is 5.48 Å². The van der Waals surface area contributed by atoms with E-state index in [9.17, 15) is 0 Å². The molecule has 17 heavy (non-hydrogen) atoms. The molecule has 0 aliphatic heterocycles. The Labute approximate surface area is 112 Å². The first-order valence-electron chi connectivity index (χ1n) is 7.36. The minimum Gasteiger partial charge on any atom is -0.316 e. The molecule has 0 amide bonds. The van der Waals surface area contributed by atoms with Crippen molar-refractivity contribution in [3.05, 3.63) is 0 Å². The van der Waals surface area contributed by atoms with Gasteiger partial charge in [-0.15, -0.1) is 11.8 Å². The maximum Gasteiger partial charge on any atom is 0.0663 e. The van der Waals surface area contributed by atoms with Crippen LogP contribution in [0.25, 0.3) is 0 Å². The summed E-state index contributed by atoms with van der Waals surface area (Å²) in [6.07, 6.45) is 15.4. The zero-order chi connectivity index (χ0) is 12.6. The molecule has 2 nitrogen and oxygen atoms in total. The number of hydrogen-bond donors (Lipinski definition) is 2. The molecule has 104 valence electrons. The lowest BCUT2D eigenvalue weighted by molar-refractivity contribution is 0.188. The zero-order valence-electron chi connectivity index (χ0n) is 11.5. The number of rotatable bonds is 14. The van der Waals surface area contributed by atoms with E-state index in [-0.39, 0.29) is 0 Å². The van der Waals surface area contributed by atoms with Crippen LogP contribution in [0.4, 0.5) is 0 Å². The van der Waals surface area contributed by atoms with Crippen molar-refractivity contribution < 1.29 is 5.21 Å². The van der Waals surface area contributed by atoms with Crippen LogP contribution in [-0.2, 0) is 0 Å². The minimum atomic E-state index is 0.664. The van der Waals surface area contributed by atoms with Crippen LogP contribution >= 0.6 is 11.8 Å². The molecule has 0 saturated carbocycles. The molecule has 0 aromatic carbocycles. The molecular formula is C14H31NOS. The first kappa shape index (κ1) is 17.3. The van der Waals surface area contributed by atoms with Gasteiger partial charge in [0, 0.05) is 0 Å². The summed E-state index contributed by atoms with van der Waals surface area (Å²) in [7, 11) is 0. The molecule has 0 saturated heterocycles. The zero-order valence-corrected chi connectivity index (χ0v) is 12.4. The molecule has 0 radical (unpaired) electrons. The van der Waals surface area contributed by atoms with Gasteiger partial charge in [0.1, 0.15) is 0 Å². The maximum atomic E-state index is 8.37. The first-order valence-corrected chi connectivity index (χ1v) is 8.52. The number of hydroxylamine groups is 1. The van der Waals surface area contributed by atoms with E-state index in [0.717, 1.165) is 0 Å². The first-order chi connectivity index (χ1) is 8.41. The van der Waals surface area contributed by atoms with Crippen molar-refractivity contribution in [3.63, 3.8) is 0 Å². The average molecular weight is 261 g/mol. The Morgan fingerprint density at radius 2 is 1.24 bits per heavy atom. The highest BCUT2D eigenvalue weighted by molar-refractivity contribution is 7.99. The highest BCUT2D eigenvalue weighted by atomic mass is 32.2. The molecule has 0 aromatic rings. The van der Waals surface area contributed by atoms with Gasteiger partial charge in [-0.25, -0.2) is 0 Å². The maximum absolute atomic E-state index is 8.37. The van der Waals surface area contributed by atoms with Crippen LogP contribution in [0.3, 0.4) is 0 Å². The largest absolute Gasteiger partial charge is 0.316 e. The molecule has 3 heteroatoms. The standard InChI is InChI=1S/C14H31NOS/c1-2-3-4-5-6-7-8-9-10-11-12-13-17-14-15-16/h15-16H,2-14H2,1H3. The van der Waals surface area contributed by atoms with E-state index < -0.39 is 0 Å². The van der Waals surface area contributed by atoms with E-state index in [4.69, 9.17) is 5.21 Å². The van der Waals surface area contributed by atoms with Crippen LogP contribution in [0.15, 0.2) is 0 Å². The normalized spacial score (nSPS) is 10.9. The minimum absolute atomic E-state index is 0.664. The number of hydrogen-bond acceptors (Lipinski definition) is 3. The molecule has 0 unspecified atom stereocenters. The van der Waals surface area contributed by atoms with Crippen LogP contribution in [0, 0.1) is 0 Å². The molecule has 0 aliphatic carbocycles. The summed E-state index contributed by atoms with van der Waals surface area (Å²) < 4.78 is 0. The second-order valence-corrected chi connectivity index (χ2v) is 5.85. The summed E-state index contributed by atoms with van der Waals surface area (Å²) in [4.78, 5) is 0. The Morgan fingerprint density at radius 1 is 0.765 bits per heavy atom. The van der Waals surface area contributed by atoms with Crippen LogP contribution in [-0.4, -0.2) is 16.8 Å². The molecule has 0 spiro atoms. The van der Waals surface area contributed by atoms with Gasteiger partial charge >= 0.3 is 0 Å². The lowest BCUT2D eigenvalue weighted by Crippen LogP contribution is -2.05. The van der Waals surface area contributed by atoms with E-state index >= 15 is 0 Å². The van der Waals surface area contributed by atoms with Gasteiger partial charge in [-0.2, -0.15) is 5.48 Å². The average Bonchev–Trinajstić information content (AvgIpc) is 2.35. The second-order valence-electron chi connectivity index (χ2n) is 4.75. The summed E-state index contributed by atoms with van der Waals surface area (Å²) in [5.74, 6) is 1.84. The monoisotopic (exact) mass is 261 g/mol. The molecule has 0 atom stereocenters. The Morgan fingerprint density at radius 3 is 1.71 bits per heavy atom.